The molecular formula is C30H25NO5. The Kier molecular flexibility index (Phi) is 4.90. The normalized spacial score (nSPS) is 18.6. The first-order valence-corrected chi connectivity index (χ1v) is 12.0. The van der Waals surface area contributed by atoms with E-state index in [1.54, 1.807) is 28.8 Å². The largest absolute Gasteiger partial charge is 0.460 e. The molecule has 1 unspecified atom stereocenters. The average Bonchev–Trinajstić information content (AvgIpc) is 2.84. The third-order valence-corrected chi connectivity index (χ3v) is 7.13. The molecule has 0 radical (unpaired) electrons. The number of benzene rings is 2. The summed E-state index contributed by atoms with van der Waals surface area (Å²) in [5.41, 5.74) is 0.884. The molecule has 36 heavy (non-hydrogen) atoms. The summed E-state index contributed by atoms with van der Waals surface area (Å²) < 4.78 is 13.7. The van der Waals surface area contributed by atoms with E-state index < -0.39 is 11.5 Å². The minimum Gasteiger partial charge on any atom is -0.460 e. The van der Waals surface area contributed by atoms with Gasteiger partial charge in [0.2, 0.25) is 0 Å². The molecule has 0 saturated heterocycles. The molecule has 2 aromatic heterocycles. The van der Waals surface area contributed by atoms with Crippen LogP contribution in [0.1, 0.15) is 43.7 Å². The van der Waals surface area contributed by atoms with Gasteiger partial charge in [0.1, 0.15) is 17.1 Å². The summed E-state index contributed by atoms with van der Waals surface area (Å²) in [4.78, 5) is 41.0. The van der Waals surface area contributed by atoms with Gasteiger partial charge in [-0.3, -0.25) is 9.59 Å². The second-order valence-electron chi connectivity index (χ2n) is 10.3. The van der Waals surface area contributed by atoms with Crippen LogP contribution in [0.15, 0.2) is 92.6 Å². The maximum atomic E-state index is 14.0. The summed E-state index contributed by atoms with van der Waals surface area (Å²) in [6, 6.07) is 16.5. The first-order valence-electron chi connectivity index (χ1n) is 12.0. The lowest BCUT2D eigenvalue weighted by Crippen LogP contribution is -2.37. The molecule has 4 aromatic rings. The Balaban J connectivity index is 1.74. The summed E-state index contributed by atoms with van der Waals surface area (Å²) in [6.07, 6.45) is 2.48. The monoisotopic (exact) mass is 479 g/mol. The van der Waals surface area contributed by atoms with Crippen molar-refractivity contribution in [3.8, 4) is 5.75 Å². The third kappa shape index (κ3) is 3.28. The highest BCUT2D eigenvalue weighted by atomic mass is 16.5. The number of allylic oxidation sites excluding steroid dienone is 3. The van der Waals surface area contributed by atoms with Crippen molar-refractivity contribution in [2.24, 2.45) is 5.41 Å². The molecular weight excluding hydrogens is 454 g/mol. The second kappa shape index (κ2) is 7.92. The van der Waals surface area contributed by atoms with Gasteiger partial charge < -0.3 is 13.7 Å². The zero-order valence-corrected chi connectivity index (χ0v) is 20.2. The molecule has 0 amide bonds. The Labute approximate surface area is 207 Å². The summed E-state index contributed by atoms with van der Waals surface area (Å²) in [6.45, 7) is 8.15. The Morgan fingerprint density at radius 2 is 1.81 bits per heavy atom. The molecule has 1 aliphatic heterocycles. The van der Waals surface area contributed by atoms with E-state index >= 15 is 0 Å². The Morgan fingerprint density at radius 1 is 1.06 bits per heavy atom. The van der Waals surface area contributed by atoms with Gasteiger partial charge in [0.25, 0.3) is 5.56 Å². The van der Waals surface area contributed by atoms with Crippen LogP contribution >= 0.6 is 0 Å². The van der Waals surface area contributed by atoms with Gasteiger partial charge in [-0.25, -0.2) is 4.79 Å². The standard InChI is InChI=1S/C30H25NO5/c1-4-13-31-20-11-7-5-9-17(20)14-19(28(31)33)24-25-21(32)15-30(2,3)16-23(25)35-27-18-10-6-8-12-22(18)36-29(34)26(24)27/h4-12,14,24H,1,13,15-16H2,2-3H3. The lowest BCUT2D eigenvalue weighted by Gasteiger charge is -2.37. The molecule has 6 nitrogen and oxygen atoms in total. The van der Waals surface area contributed by atoms with Crippen molar-refractivity contribution in [3.05, 3.63) is 110 Å². The van der Waals surface area contributed by atoms with Crippen molar-refractivity contribution < 1.29 is 13.9 Å². The summed E-state index contributed by atoms with van der Waals surface area (Å²) >= 11 is 0. The molecule has 0 fully saturated rings. The number of carbonyl (C=O) groups excluding carboxylic acids is 1. The number of pyridine rings is 1. The predicted octanol–water partition coefficient (Wildman–Crippen LogP) is 5.46. The van der Waals surface area contributed by atoms with Crippen molar-refractivity contribution in [2.75, 3.05) is 0 Å². The summed E-state index contributed by atoms with van der Waals surface area (Å²) in [5.74, 6) is -0.125. The quantitative estimate of drug-likeness (QED) is 0.288. The van der Waals surface area contributed by atoms with E-state index in [1.807, 2.05) is 50.2 Å². The zero-order valence-electron chi connectivity index (χ0n) is 20.2. The van der Waals surface area contributed by atoms with Crippen molar-refractivity contribution in [1.82, 2.24) is 4.57 Å². The van der Waals surface area contributed by atoms with Crippen LogP contribution in [0, 0.1) is 5.41 Å². The van der Waals surface area contributed by atoms with Gasteiger partial charge in [-0.1, -0.05) is 50.3 Å². The van der Waals surface area contributed by atoms with Crippen LogP contribution in [-0.2, 0) is 11.3 Å². The van der Waals surface area contributed by atoms with E-state index in [9.17, 15) is 14.4 Å². The maximum Gasteiger partial charge on any atom is 0.344 e. The van der Waals surface area contributed by atoms with Crippen LogP contribution in [0.3, 0.4) is 0 Å². The molecule has 0 spiro atoms. The van der Waals surface area contributed by atoms with E-state index in [-0.39, 0.29) is 22.3 Å². The van der Waals surface area contributed by atoms with Crippen molar-refractivity contribution in [1.29, 1.82) is 0 Å². The number of hydrogen-bond donors (Lipinski definition) is 0. The first-order chi connectivity index (χ1) is 17.3. The number of aromatic nitrogens is 1. The lowest BCUT2D eigenvalue weighted by atomic mass is 9.70. The van der Waals surface area contributed by atoms with Crippen LogP contribution < -0.4 is 15.9 Å². The maximum absolute atomic E-state index is 14.0. The van der Waals surface area contributed by atoms with E-state index in [2.05, 4.69) is 6.58 Å². The highest BCUT2D eigenvalue weighted by Crippen LogP contribution is 2.50. The van der Waals surface area contributed by atoms with Crippen LogP contribution in [0.5, 0.6) is 5.75 Å². The van der Waals surface area contributed by atoms with Crippen molar-refractivity contribution >= 4 is 27.7 Å². The van der Waals surface area contributed by atoms with Gasteiger partial charge in [0.05, 0.1) is 22.4 Å². The molecule has 0 N–H and O–H groups in total. The fourth-order valence-corrected chi connectivity index (χ4v) is 5.63. The molecule has 0 bridgehead atoms. The SMILES string of the molecule is C=CCn1c(=O)c(C2C3=C(CC(C)(C)CC3=O)Oc3c2c(=O)oc2ccccc32)cc2ccccc21. The van der Waals surface area contributed by atoms with Crippen molar-refractivity contribution in [2.45, 2.75) is 39.2 Å². The number of nitrogens with zero attached hydrogens (tertiary/aromatic N) is 1. The van der Waals surface area contributed by atoms with Crippen LogP contribution in [0.25, 0.3) is 21.9 Å². The number of fused-ring (bicyclic) bond motifs is 4. The Bertz CT molecular complexity index is 1750. The van der Waals surface area contributed by atoms with Crippen molar-refractivity contribution in [3.63, 3.8) is 0 Å². The zero-order chi connectivity index (χ0) is 25.2. The van der Waals surface area contributed by atoms with Gasteiger partial charge in [0.15, 0.2) is 5.78 Å². The predicted molar refractivity (Wildman–Crippen MR) is 138 cm³/mol. The Hall–Kier alpha value is -4.19. The van der Waals surface area contributed by atoms with Gasteiger partial charge in [0, 0.05) is 30.5 Å². The molecule has 3 heterocycles. The highest BCUT2D eigenvalue weighted by Gasteiger charge is 2.45. The smallest absolute Gasteiger partial charge is 0.344 e. The third-order valence-electron chi connectivity index (χ3n) is 7.13. The molecule has 6 heteroatoms. The van der Waals surface area contributed by atoms with Gasteiger partial charge in [-0.2, -0.15) is 0 Å². The van der Waals surface area contributed by atoms with Crippen LogP contribution in [0.4, 0.5) is 0 Å². The highest BCUT2D eigenvalue weighted by molar-refractivity contribution is 6.01. The van der Waals surface area contributed by atoms with Gasteiger partial charge in [-0.05, 0) is 35.1 Å². The summed E-state index contributed by atoms with van der Waals surface area (Å²) in [7, 11) is 0. The topological polar surface area (TPSA) is 78.5 Å². The number of para-hydroxylation sites is 2. The van der Waals surface area contributed by atoms with E-state index in [0.29, 0.717) is 53.0 Å². The van der Waals surface area contributed by atoms with E-state index in [1.165, 1.54) is 0 Å². The minimum atomic E-state index is -0.888. The summed E-state index contributed by atoms with van der Waals surface area (Å²) in [5, 5.41) is 1.46. The molecule has 6 rings (SSSR count). The average molecular weight is 480 g/mol. The Morgan fingerprint density at radius 3 is 2.61 bits per heavy atom. The first kappa shape index (κ1) is 22.3. The molecule has 180 valence electrons. The number of Topliss-reactive ketones (excluding diaryl/α,β-unsaturated/α-hetero) is 1. The number of ketones is 1. The molecule has 0 saturated carbocycles. The van der Waals surface area contributed by atoms with Crippen LogP contribution in [0.2, 0.25) is 0 Å². The van der Waals surface area contributed by atoms with E-state index in [4.69, 9.17) is 9.15 Å². The molecule has 2 aliphatic rings. The van der Waals surface area contributed by atoms with Gasteiger partial charge >= 0.3 is 5.63 Å². The number of rotatable bonds is 3. The number of hydrogen-bond acceptors (Lipinski definition) is 5. The minimum absolute atomic E-state index is 0.118. The lowest BCUT2D eigenvalue weighted by molar-refractivity contribution is -0.118. The molecule has 1 atom stereocenters. The number of carbonyl (C=O) groups is 1. The molecule has 2 aromatic carbocycles. The number of ether oxygens (including phenoxy) is 1. The van der Waals surface area contributed by atoms with E-state index in [0.717, 1.165) is 10.9 Å². The fourth-order valence-electron chi connectivity index (χ4n) is 5.63. The fraction of sp³-hybridized carbons (Fsp3) is 0.233. The van der Waals surface area contributed by atoms with Gasteiger partial charge in [-0.15, -0.1) is 6.58 Å². The van der Waals surface area contributed by atoms with Crippen LogP contribution in [-0.4, -0.2) is 10.4 Å². The molecule has 1 aliphatic carbocycles. The second-order valence-corrected chi connectivity index (χ2v) is 10.3.